The van der Waals surface area contributed by atoms with E-state index in [-0.39, 0.29) is 17.5 Å². The summed E-state index contributed by atoms with van der Waals surface area (Å²) in [6.45, 7) is 1.53. The number of hydrogen-bond donors (Lipinski definition) is 2. The van der Waals surface area contributed by atoms with Gasteiger partial charge in [0.15, 0.2) is 17.0 Å². The number of ketones is 1. The van der Waals surface area contributed by atoms with E-state index in [0.29, 0.717) is 29.7 Å². The highest BCUT2D eigenvalue weighted by molar-refractivity contribution is 5.81. The van der Waals surface area contributed by atoms with E-state index in [9.17, 15) is 4.79 Å². The first kappa shape index (κ1) is 11.2. The van der Waals surface area contributed by atoms with Crippen LogP contribution < -0.4 is 11.5 Å². The Morgan fingerprint density at radius 3 is 2.76 bits per heavy atom. The summed E-state index contributed by atoms with van der Waals surface area (Å²) in [7, 11) is 0. The van der Waals surface area contributed by atoms with Crippen LogP contribution in [0, 0.1) is 0 Å². The van der Waals surface area contributed by atoms with Crippen LogP contribution in [-0.2, 0) is 11.2 Å². The number of nitrogens with two attached hydrogens (primary N) is 2. The van der Waals surface area contributed by atoms with E-state index >= 15 is 0 Å². The predicted octanol–water partition coefficient (Wildman–Crippen LogP) is 0.106. The third kappa shape index (κ3) is 2.44. The highest BCUT2D eigenvalue weighted by Gasteiger charge is 2.07. The number of fused-ring (bicyclic) bond motifs is 1. The van der Waals surface area contributed by atoms with Gasteiger partial charge in [0.1, 0.15) is 5.78 Å². The number of carbonyl (C=O) groups is 1. The van der Waals surface area contributed by atoms with Gasteiger partial charge in [-0.25, -0.2) is 9.97 Å². The first-order chi connectivity index (χ1) is 8.06. The fourth-order valence-electron chi connectivity index (χ4n) is 1.41. The van der Waals surface area contributed by atoms with Gasteiger partial charge in [0.25, 0.3) is 0 Å². The van der Waals surface area contributed by atoms with Crippen molar-refractivity contribution in [2.45, 2.75) is 19.8 Å². The maximum atomic E-state index is 10.9. The summed E-state index contributed by atoms with van der Waals surface area (Å²) in [5, 5.41) is 0. The van der Waals surface area contributed by atoms with Crippen molar-refractivity contribution >= 4 is 28.7 Å². The second-order valence-corrected chi connectivity index (χ2v) is 3.70. The van der Waals surface area contributed by atoms with Gasteiger partial charge in [-0.15, -0.1) is 0 Å². The highest BCUT2D eigenvalue weighted by atomic mass is 16.1. The van der Waals surface area contributed by atoms with Crippen molar-refractivity contribution in [3.8, 4) is 0 Å². The molecule has 0 aliphatic rings. The van der Waals surface area contributed by atoms with E-state index in [1.165, 1.54) is 6.92 Å². The SMILES string of the molecule is CC(=O)CCc1cnc2nc(N)nc(N)c2n1. The molecule has 0 spiro atoms. The standard InChI is InChI=1S/C10H12N6O/c1-5(17)2-3-6-4-13-9-7(14-6)8(11)15-10(12)16-9/h4H,2-3H2,1H3,(H4,11,12,13,15,16). The number of nitrogen functional groups attached to an aromatic ring is 2. The Balaban J connectivity index is 2.40. The Labute approximate surface area is 97.3 Å². The van der Waals surface area contributed by atoms with Crippen LogP contribution in [0.4, 0.5) is 11.8 Å². The van der Waals surface area contributed by atoms with Gasteiger partial charge in [0.2, 0.25) is 5.95 Å². The third-order valence-electron chi connectivity index (χ3n) is 2.23. The van der Waals surface area contributed by atoms with Gasteiger partial charge in [-0.2, -0.15) is 9.97 Å². The van der Waals surface area contributed by atoms with Crippen LogP contribution in [0.15, 0.2) is 6.20 Å². The number of aromatic nitrogens is 4. The summed E-state index contributed by atoms with van der Waals surface area (Å²) in [4.78, 5) is 27.0. The van der Waals surface area contributed by atoms with E-state index in [1.807, 2.05) is 0 Å². The minimum atomic E-state index is 0.0702. The van der Waals surface area contributed by atoms with Crippen LogP contribution in [0.1, 0.15) is 19.0 Å². The molecule has 0 fully saturated rings. The van der Waals surface area contributed by atoms with Crippen molar-refractivity contribution < 1.29 is 4.79 Å². The predicted molar refractivity (Wildman–Crippen MR) is 63.0 cm³/mol. The molecule has 0 saturated heterocycles. The first-order valence-corrected chi connectivity index (χ1v) is 5.10. The van der Waals surface area contributed by atoms with Crippen molar-refractivity contribution in [1.29, 1.82) is 0 Å². The number of nitrogens with zero attached hydrogens (tertiary/aromatic N) is 4. The first-order valence-electron chi connectivity index (χ1n) is 5.10. The Kier molecular flexibility index (Phi) is 2.82. The molecule has 0 amide bonds. The highest BCUT2D eigenvalue weighted by Crippen LogP contribution is 2.14. The van der Waals surface area contributed by atoms with E-state index < -0.39 is 0 Å². The zero-order valence-electron chi connectivity index (χ0n) is 9.34. The maximum absolute atomic E-state index is 10.9. The number of rotatable bonds is 3. The summed E-state index contributed by atoms with van der Waals surface area (Å²) in [5.41, 5.74) is 12.6. The molecule has 0 atom stereocenters. The maximum Gasteiger partial charge on any atom is 0.224 e. The van der Waals surface area contributed by atoms with Crippen molar-refractivity contribution in [2.24, 2.45) is 0 Å². The van der Waals surface area contributed by atoms with Crippen molar-refractivity contribution in [2.75, 3.05) is 11.5 Å². The average Bonchev–Trinajstić information content (AvgIpc) is 2.26. The van der Waals surface area contributed by atoms with Gasteiger partial charge in [-0.1, -0.05) is 0 Å². The summed E-state index contributed by atoms with van der Waals surface area (Å²) in [6, 6.07) is 0. The Bertz CT molecular complexity index is 582. The molecule has 0 unspecified atom stereocenters. The van der Waals surface area contributed by atoms with Gasteiger partial charge in [-0.05, 0) is 13.3 Å². The third-order valence-corrected chi connectivity index (χ3v) is 2.23. The molecule has 2 aromatic rings. The lowest BCUT2D eigenvalue weighted by molar-refractivity contribution is -0.116. The largest absolute Gasteiger partial charge is 0.382 e. The van der Waals surface area contributed by atoms with E-state index in [2.05, 4.69) is 19.9 Å². The topological polar surface area (TPSA) is 121 Å². The van der Waals surface area contributed by atoms with E-state index in [4.69, 9.17) is 11.5 Å². The average molecular weight is 232 g/mol. The minimum Gasteiger partial charge on any atom is -0.382 e. The van der Waals surface area contributed by atoms with E-state index in [1.54, 1.807) is 6.20 Å². The molecule has 88 valence electrons. The molecule has 2 heterocycles. The number of hydrogen-bond acceptors (Lipinski definition) is 7. The van der Waals surface area contributed by atoms with Crippen LogP contribution in [0.2, 0.25) is 0 Å². The Morgan fingerprint density at radius 1 is 1.29 bits per heavy atom. The lowest BCUT2D eigenvalue weighted by Crippen LogP contribution is -2.05. The van der Waals surface area contributed by atoms with Crippen LogP contribution >= 0.6 is 0 Å². The van der Waals surface area contributed by atoms with Crippen molar-refractivity contribution in [3.05, 3.63) is 11.9 Å². The summed E-state index contributed by atoms with van der Waals surface area (Å²) >= 11 is 0. The quantitative estimate of drug-likeness (QED) is 0.769. The van der Waals surface area contributed by atoms with Gasteiger partial charge < -0.3 is 16.3 Å². The fraction of sp³-hybridized carbons (Fsp3) is 0.300. The molecule has 7 nitrogen and oxygen atoms in total. The monoisotopic (exact) mass is 232 g/mol. The minimum absolute atomic E-state index is 0.0702. The molecule has 7 heteroatoms. The molecule has 2 rings (SSSR count). The normalized spacial score (nSPS) is 10.6. The molecular formula is C10H12N6O. The van der Waals surface area contributed by atoms with Gasteiger partial charge in [-0.3, -0.25) is 0 Å². The van der Waals surface area contributed by atoms with Gasteiger partial charge >= 0.3 is 0 Å². The summed E-state index contributed by atoms with van der Waals surface area (Å²) in [5.74, 6) is 0.374. The van der Waals surface area contributed by atoms with Crippen LogP contribution in [-0.4, -0.2) is 25.7 Å². The van der Waals surface area contributed by atoms with Crippen molar-refractivity contribution in [3.63, 3.8) is 0 Å². The fourth-order valence-corrected chi connectivity index (χ4v) is 1.41. The molecule has 2 aromatic heterocycles. The number of anilines is 2. The van der Waals surface area contributed by atoms with Crippen molar-refractivity contribution in [1.82, 2.24) is 19.9 Å². The summed E-state index contributed by atoms with van der Waals surface area (Å²) < 4.78 is 0. The second-order valence-electron chi connectivity index (χ2n) is 3.70. The Morgan fingerprint density at radius 2 is 2.06 bits per heavy atom. The molecule has 0 aliphatic carbocycles. The molecule has 0 aliphatic heterocycles. The molecule has 17 heavy (non-hydrogen) atoms. The molecular weight excluding hydrogens is 220 g/mol. The second kappa shape index (κ2) is 4.28. The molecule has 0 saturated carbocycles. The molecule has 0 bridgehead atoms. The number of aryl methyl sites for hydroxylation is 1. The summed E-state index contributed by atoms with van der Waals surface area (Å²) in [6.07, 6.45) is 2.52. The zero-order chi connectivity index (χ0) is 12.4. The van der Waals surface area contributed by atoms with Gasteiger partial charge in [0.05, 0.1) is 11.9 Å². The molecule has 0 aromatic carbocycles. The van der Waals surface area contributed by atoms with Crippen LogP contribution in [0.25, 0.3) is 11.2 Å². The van der Waals surface area contributed by atoms with Gasteiger partial charge in [0, 0.05) is 6.42 Å². The smallest absolute Gasteiger partial charge is 0.224 e. The lowest BCUT2D eigenvalue weighted by atomic mass is 10.2. The molecule has 4 N–H and O–H groups in total. The zero-order valence-corrected chi connectivity index (χ0v) is 9.34. The van der Waals surface area contributed by atoms with E-state index in [0.717, 1.165) is 0 Å². The number of carbonyl (C=O) groups excluding carboxylic acids is 1. The van der Waals surface area contributed by atoms with Crippen LogP contribution in [0.5, 0.6) is 0 Å². The lowest BCUT2D eigenvalue weighted by Gasteiger charge is -2.03. The van der Waals surface area contributed by atoms with Crippen LogP contribution in [0.3, 0.4) is 0 Å². The number of Topliss-reactive ketones (excluding diaryl/α,β-unsaturated/α-hetero) is 1. The Hall–Kier alpha value is -2.31. The molecule has 0 radical (unpaired) electrons.